The summed E-state index contributed by atoms with van der Waals surface area (Å²) in [6.07, 6.45) is 1.04. The first-order valence-electron chi connectivity index (χ1n) is 9.69. The maximum absolute atomic E-state index is 14.2. The Labute approximate surface area is 180 Å². The van der Waals surface area contributed by atoms with E-state index in [1.165, 1.54) is 16.8 Å². The highest BCUT2D eigenvalue weighted by atomic mass is 19.1. The largest absolute Gasteiger partial charge is 0.310 e. The molecule has 0 unspecified atom stereocenters. The molecule has 1 N–H and O–H groups in total. The number of fused-ring (bicyclic) bond motifs is 2. The predicted molar refractivity (Wildman–Crippen MR) is 110 cm³/mol. The van der Waals surface area contributed by atoms with Crippen LogP contribution in [0.25, 0.3) is 22.6 Å². The summed E-state index contributed by atoms with van der Waals surface area (Å²) < 4.78 is 29.7. The Bertz CT molecular complexity index is 1470. The van der Waals surface area contributed by atoms with E-state index in [0.29, 0.717) is 22.2 Å². The molecule has 5 rings (SSSR count). The number of pyridine rings is 1. The third-order valence-electron chi connectivity index (χ3n) is 5.48. The average Bonchev–Trinajstić information content (AvgIpc) is 3.22. The van der Waals surface area contributed by atoms with Gasteiger partial charge in [-0.15, -0.1) is 0 Å². The van der Waals surface area contributed by atoms with Gasteiger partial charge in [0.15, 0.2) is 17.2 Å². The van der Waals surface area contributed by atoms with E-state index in [1.807, 2.05) is 6.07 Å². The minimum Gasteiger partial charge on any atom is -0.310 e. The fourth-order valence-electron chi connectivity index (χ4n) is 3.80. The first-order valence-corrected chi connectivity index (χ1v) is 9.69. The van der Waals surface area contributed by atoms with Crippen LogP contribution in [0.4, 0.5) is 14.6 Å². The number of carbonyl (C=O) groups is 1. The Morgan fingerprint density at radius 3 is 2.75 bits per heavy atom. The third-order valence-corrected chi connectivity index (χ3v) is 5.48. The summed E-state index contributed by atoms with van der Waals surface area (Å²) in [5.41, 5.74) is 0.288. The second-order valence-corrected chi connectivity index (χ2v) is 7.93. The molecule has 1 aliphatic heterocycles. The van der Waals surface area contributed by atoms with Crippen molar-refractivity contribution in [1.29, 1.82) is 5.26 Å². The summed E-state index contributed by atoms with van der Waals surface area (Å²) >= 11 is 0. The number of halogens is 2. The van der Waals surface area contributed by atoms with Crippen molar-refractivity contribution in [3.63, 3.8) is 0 Å². The lowest BCUT2D eigenvalue weighted by Crippen LogP contribution is -2.27. The number of hydrogen-bond donors (Lipinski definition) is 1. The highest BCUT2D eigenvalue weighted by molar-refractivity contribution is 6.05. The van der Waals surface area contributed by atoms with Crippen LogP contribution >= 0.6 is 0 Å². The molecule has 0 saturated carbocycles. The molecule has 0 radical (unpaired) electrons. The van der Waals surface area contributed by atoms with Crippen LogP contribution in [0.1, 0.15) is 30.7 Å². The van der Waals surface area contributed by atoms with Crippen molar-refractivity contribution >= 4 is 22.8 Å². The van der Waals surface area contributed by atoms with Crippen molar-refractivity contribution in [3.05, 3.63) is 65.0 Å². The van der Waals surface area contributed by atoms with Crippen molar-refractivity contribution in [2.45, 2.75) is 25.8 Å². The van der Waals surface area contributed by atoms with Crippen molar-refractivity contribution in [3.8, 4) is 17.6 Å². The van der Waals surface area contributed by atoms with Gasteiger partial charge in [0.1, 0.15) is 29.2 Å². The van der Waals surface area contributed by atoms with E-state index in [0.717, 1.165) is 6.20 Å². The van der Waals surface area contributed by atoms with E-state index in [9.17, 15) is 18.8 Å². The Morgan fingerprint density at radius 1 is 1.22 bits per heavy atom. The summed E-state index contributed by atoms with van der Waals surface area (Å²) in [4.78, 5) is 25.2. The summed E-state index contributed by atoms with van der Waals surface area (Å²) in [5, 5.41) is 17.1. The van der Waals surface area contributed by atoms with Gasteiger partial charge in [-0.3, -0.25) is 4.79 Å². The lowest BCUT2D eigenvalue weighted by Gasteiger charge is -2.15. The Morgan fingerprint density at radius 2 is 2.00 bits per heavy atom. The third kappa shape index (κ3) is 2.90. The number of hydrogen-bond acceptors (Lipinski definition) is 6. The van der Waals surface area contributed by atoms with E-state index >= 15 is 0 Å². The van der Waals surface area contributed by atoms with Crippen molar-refractivity contribution < 1.29 is 13.6 Å². The van der Waals surface area contributed by atoms with Gasteiger partial charge in [-0.25, -0.2) is 28.4 Å². The van der Waals surface area contributed by atoms with Gasteiger partial charge in [-0.2, -0.15) is 10.4 Å². The van der Waals surface area contributed by atoms with E-state index in [2.05, 4.69) is 25.4 Å². The first kappa shape index (κ1) is 19.7. The molecule has 0 bridgehead atoms. The Hall–Kier alpha value is -4.26. The number of amides is 1. The molecule has 10 heteroatoms. The number of aromatic nitrogens is 5. The molecule has 0 fully saturated rings. The molecule has 3 aromatic heterocycles. The maximum Gasteiger partial charge on any atom is 0.235 e. The van der Waals surface area contributed by atoms with Crippen LogP contribution in [0, 0.1) is 23.0 Å². The van der Waals surface area contributed by atoms with Crippen LogP contribution in [0.5, 0.6) is 0 Å². The molecule has 0 saturated heterocycles. The van der Waals surface area contributed by atoms with Crippen LogP contribution in [0.3, 0.4) is 0 Å². The van der Waals surface area contributed by atoms with Gasteiger partial charge in [0.2, 0.25) is 5.91 Å². The van der Waals surface area contributed by atoms with Gasteiger partial charge in [0.05, 0.1) is 23.5 Å². The molecule has 32 heavy (non-hydrogen) atoms. The molecule has 4 heterocycles. The summed E-state index contributed by atoms with van der Waals surface area (Å²) in [7, 11) is 0. The van der Waals surface area contributed by atoms with Crippen LogP contribution in [0.15, 0.2) is 36.5 Å². The minimum absolute atomic E-state index is 0.0227. The number of nitriles is 1. The highest BCUT2D eigenvalue weighted by Gasteiger charge is 2.43. The molecule has 0 atom stereocenters. The summed E-state index contributed by atoms with van der Waals surface area (Å²) in [6, 6.07) is 9.47. The zero-order valence-corrected chi connectivity index (χ0v) is 17.0. The van der Waals surface area contributed by atoms with Gasteiger partial charge >= 0.3 is 0 Å². The Kier molecular flexibility index (Phi) is 4.23. The molecule has 0 spiro atoms. The van der Waals surface area contributed by atoms with Crippen LogP contribution < -0.4 is 5.32 Å². The van der Waals surface area contributed by atoms with E-state index < -0.39 is 17.0 Å². The fourth-order valence-corrected chi connectivity index (χ4v) is 3.80. The van der Waals surface area contributed by atoms with Crippen LogP contribution in [0.2, 0.25) is 0 Å². The number of nitrogens with zero attached hydrogens (tertiary/aromatic N) is 6. The lowest BCUT2D eigenvalue weighted by molar-refractivity contribution is -0.119. The number of nitrogens with one attached hydrogen (secondary N) is 1. The molecular weight excluding hydrogens is 416 g/mol. The van der Waals surface area contributed by atoms with E-state index in [4.69, 9.17) is 0 Å². The standard InChI is InChI=1S/C22H15F2N7O/c1-22(2)16-15(8-25)27-19(28-18(16)29-21(22)32)17-13-7-12(23)9-26-20(13)31(30-17)10-11-5-3-4-6-14(11)24/h3-7,9H,10H2,1-2H3,(H,27,28,29,32). The van der Waals surface area contributed by atoms with E-state index in [-0.39, 0.29) is 35.5 Å². The smallest absolute Gasteiger partial charge is 0.235 e. The quantitative estimate of drug-likeness (QED) is 0.533. The van der Waals surface area contributed by atoms with Gasteiger partial charge in [0, 0.05) is 11.1 Å². The Balaban J connectivity index is 1.72. The first-order chi connectivity index (χ1) is 15.3. The predicted octanol–water partition coefficient (Wildman–Crippen LogP) is 3.32. The molecule has 4 aromatic rings. The normalized spacial score (nSPS) is 14.3. The van der Waals surface area contributed by atoms with Gasteiger partial charge in [-0.1, -0.05) is 18.2 Å². The van der Waals surface area contributed by atoms with Crippen molar-refractivity contribution in [2.24, 2.45) is 0 Å². The SMILES string of the molecule is CC1(C)C(=O)Nc2nc(-c3nn(Cc4ccccc4F)c4ncc(F)cc34)nc(C#N)c21. The number of benzene rings is 1. The number of anilines is 1. The number of carbonyl (C=O) groups excluding carboxylic acids is 1. The molecular formula is C22H15F2N7O. The summed E-state index contributed by atoms with van der Waals surface area (Å²) in [6.45, 7) is 3.40. The second-order valence-electron chi connectivity index (χ2n) is 7.93. The zero-order valence-electron chi connectivity index (χ0n) is 17.0. The zero-order chi connectivity index (χ0) is 22.6. The lowest BCUT2D eigenvalue weighted by atomic mass is 9.86. The molecule has 158 valence electrons. The molecule has 1 aliphatic rings. The van der Waals surface area contributed by atoms with Gasteiger partial charge in [-0.05, 0) is 26.0 Å². The monoisotopic (exact) mass is 431 g/mol. The van der Waals surface area contributed by atoms with Crippen molar-refractivity contribution in [1.82, 2.24) is 24.7 Å². The van der Waals surface area contributed by atoms with Crippen LogP contribution in [-0.4, -0.2) is 30.6 Å². The molecule has 1 aromatic carbocycles. The maximum atomic E-state index is 14.2. The van der Waals surface area contributed by atoms with E-state index in [1.54, 1.807) is 32.0 Å². The van der Waals surface area contributed by atoms with Gasteiger partial charge in [0.25, 0.3) is 0 Å². The molecule has 0 aliphatic carbocycles. The fraction of sp³-hybridized carbons (Fsp3) is 0.182. The minimum atomic E-state index is -0.973. The summed E-state index contributed by atoms with van der Waals surface area (Å²) in [5.74, 6) is -1.07. The average molecular weight is 431 g/mol. The highest BCUT2D eigenvalue weighted by Crippen LogP contribution is 2.39. The number of rotatable bonds is 3. The topological polar surface area (TPSA) is 109 Å². The molecule has 1 amide bonds. The van der Waals surface area contributed by atoms with Gasteiger partial charge < -0.3 is 5.32 Å². The second kappa shape index (κ2) is 6.88. The van der Waals surface area contributed by atoms with Crippen LogP contribution in [-0.2, 0) is 16.8 Å². The van der Waals surface area contributed by atoms with Crippen molar-refractivity contribution in [2.75, 3.05) is 5.32 Å². The molecule has 8 nitrogen and oxygen atoms in total.